The van der Waals surface area contributed by atoms with Crippen molar-refractivity contribution in [3.8, 4) is 0 Å². The first-order valence-corrected chi connectivity index (χ1v) is 19.2. The number of aromatic amines is 1. The minimum Gasteiger partial charge on any atom is -0.383 e. The Hall–Kier alpha value is -6.78. The number of imide groups is 2. The Morgan fingerprint density at radius 3 is 2.34 bits per heavy atom. The molecule has 3 aromatic carbocycles. The van der Waals surface area contributed by atoms with E-state index in [4.69, 9.17) is 0 Å². The average Bonchev–Trinajstić information content (AvgIpc) is 3.48. The Morgan fingerprint density at radius 1 is 0.828 bits per heavy atom. The molecule has 3 aliphatic rings. The van der Waals surface area contributed by atoms with Crippen LogP contribution in [0.3, 0.4) is 0 Å². The Morgan fingerprint density at radius 2 is 1.57 bits per heavy atom. The fourth-order valence-electron chi connectivity index (χ4n) is 7.54. The van der Waals surface area contributed by atoms with E-state index >= 15 is 0 Å². The lowest BCUT2D eigenvalue weighted by atomic mass is 10.0. The number of nitrogens with one attached hydrogen (secondary N) is 4. The number of nitrogens with zero attached hydrogens (tertiary/aromatic N) is 4. The zero-order valence-electron chi connectivity index (χ0n) is 31.5. The predicted octanol–water partition coefficient (Wildman–Crippen LogP) is 2.13. The number of piperidine rings is 1. The van der Waals surface area contributed by atoms with E-state index in [1.165, 1.54) is 23.1 Å². The topological polar surface area (TPSA) is 211 Å². The molecule has 1 atom stereocenters. The van der Waals surface area contributed by atoms with Crippen LogP contribution in [0.4, 0.5) is 10.1 Å². The summed E-state index contributed by atoms with van der Waals surface area (Å²) in [5.74, 6) is -3.81. The van der Waals surface area contributed by atoms with E-state index in [9.17, 15) is 42.7 Å². The number of H-pyrrole nitrogens is 1. The molecule has 0 radical (unpaired) electrons. The number of rotatable bonds is 13. The lowest BCUT2D eigenvalue weighted by Gasteiger charge is -2.35. The fraction of sp³-hybridized carbons (Fsp3) is 0.341. The van der Waals surface area contributed by atoms with Gasteiger partial charge in [-0.1, -0.05) is 30.3 Å². The highest BCUT2D eigenvalue weighted by molar-refractivity contribution is 6.25. The highest BCUT2D eigenvalue weighted by Crippen LogP contribution is 2.32. The summed E-state index contributed by atoms with van der Waals surface area (Å²) < 4.78 is 14.9. The van der Waals surface area contributed by atoms with Gasteiger partial charge in [-0.2, -0.15) is 5.10 Å². The first-order chi connectivity index (χ1) is 28.0. The molecule has 58 heavy (non-hydrogen) atoms. The van der Waals surface area contributed by atoms with Crippen LogP contribution in [0, 0.1) is 5.82 Å². The van der Waals surface area contributed by atoms with Gasteiger partial charge in [0.25, 0.3) is 23.3 Å². The molecule has 4 aromatic rings. The van der Waals surface area contributed by atoms with E-state index in [0.29, 0.717) is 53.6 Å². The molecule has 3 aliphatic heterocycles. The minimum atomic E-state index is -1.07. The van der Waals surface area contributed by atoms with Crippen LogP contribution in [0.5, 0.6) is 0 Å². The third-order valence-corrected chi connectivity index (χ3v) is 10.6. The number of carbonyl (C=O) groups is 7. The summed E-state index contributed by atoms with van der Waals surface area (Å²) in [5.41, 5.74) is 1.53. The third-order valence-electron chi connectivity index (χ3n) is 10.6. The molecule has 0 aliphatic carbocycles. The summed E-state index contributed by atoms with van der Waals surface area (Å²) in [7, 11) is 0. The molecule has 16 nitrogen and oxygen atoms in total. The summed E-state index contributed by atoms with van der Waals surface area (Å²) in [4.78, 5) is 105. The van der Waals surface area contributed by atoms with Crippen LogP contribution in [-0.4, -0.2) is 112 Å². The second-order valence-electron chi connectivity index (χ2n) is 14.4. The molecule has 17 heteroatoms. The number of piperazine rings is 1. The first-order valence-electron chi connectivity index (χ1n) is 19.2. The van der Waals surface area contributed by atoms with Gasteiger partial charge in [0.05, 0.1) is 27.8 Å². The minimum absolute atomic E-state index is 0.0215. The predicted molar refractivity (Wildman–Crippen MR) is 207 cm³/mol. The van der Waals surface area contributed by atoms with E-state index < -0.39 is 41.4 Å². The van der Waals surface area contributed by atoms with Gasteiger partial charge >= 0.3 is 0 Å². The average molecular weight is 793 g/mol. The summed E-state index contributed by atoms with van der Waals surface area (Å²) in [5, 5.41) is 15.9. The quantitative estimate of drug-likeness (QED) is 0.114. The molecular weight excluding hydrogens is 751 g/mol. The van der Waals surface area contributed by atoms with Gasteiger partial charge in [0.1, 0.15) is 11.9 Å². The molecule has 300 valence electrons. The Balaban J connectivity index is 0.811. The van der Waals surface area contributed by atoms with E-state index in [-0.39, 0.29) is 92.3 Å². The number of hydrogen-bond donors (Lipinski definition) is 4. The number of carbonyl (C=O) groups excluding carboxylic acids is 7. The van der Waals surface area contributed by atoms with E-state index in [1.54, 1.807) is 47.4 Å². The van der Waals surface area contributed by atoms with Crippen LogP contribution in [0.2, 0.25) is 0 Å². The van der Waals surface area contributed by atoms with Gasteiger partial charge in [-0.15, -0.1) is 0 Å². The van der Waals surface area contributed by atoms with Crippen molar-refractivity contribution in [1.29, 1.82) is 0 Å². The highest BCUT2D eigenvalue weighted by Gasteiger charge is 2.45. The van der Waals surface area contributed by atoms with Crippen LogP contribution >= 0.6 is 0 Å². The largest absolute Gasteiger partial charge is 0.383 e. The van der Waals surface area contributed by atoms with Crippen molar-refractivity contribution in [2.24, 2.45) is 0 Å². The standard InChI is InChI=1S/C41H41FN8O8/c42-29-13-12-24(23-31-25-6-1-2-7-26(25)37(54)47-46-31)22-28(29)39(56)49-20-18-48(19-21-49)35(53)11-4-3-10-33(51)44-17-16-43-30-9-5-8-27-36(30)41(58)50(40(27)57)32-14-15-34(52)45-38(32)55/h1-2,5-9,12-13,22,32,43H,3-4,10-11,14-21,23H2,(H,44,51)(H,47,54)(H,45,52,55). The van der Waals surface area contributed by atoms with Crippen LogP contribution in [0.1, 0.15) is 80.9 Å². The molecule has 2 saturated heterocycles. The van der Waals surface area contributed by atoms with E-state index in [1.807, 2.05) is 0 Å². The molecule has 4 N–H and O–H groups in total. The highest BCUT2D eigenvalue weighted by atomic mass is 19.1. The Labute approximate surface area is 331 Å². The maximum absolute atomic E-state index is 14.9. The smallest absolute Gasteiger partial charge is 0.272 e. The molecule has 0 saturated carbocycles. The van der Waals surface area contributed by atoms with E-state index in [0.717, 1.165) is 4.90 Å². The van der Waals surface area contributed by atoms with Gasteiger partial charge in [0, 0.05) is 76.0 Å². The number of anilines is 1. The molecule has 1 aromatic heterocycles. The first kappa shape index (κ1) is 39.5. The molecule has 1 unspecified atom stereocenters. The third kappa shape index (κ3) is 8.33. The van der Waals surface area contributed by atoms with Crippen molar-refractivity contribution in [3.63, 3.8) is 0 Å². The summed E-state index contributed by atoms with van der Waals surface area (Å²) in [6.07, 6.45) is 1.74. The normalized spacial score (nSPS) is 16.7. The fourth-order valence-corrected chi connectivity index (χ4v) is 7.54. The molecule has 0 spiro atoms. The number of hydrogen-bond acceptors (Lipinski definition) is 10. The summed E-state index contributed by atoms with van der Waals surface area (Å²) in [6.45, 7) is 1.55. The van der Waals surface area contributed by atoms with Gasteiger partial charge < -0.3 is 20.4 Å². The maximum Gasteiger partial charge on any atom is 0.272 e. The second-order valence-corrected chi connectivity index (χ2v) is 14.4. The van der Waals surface area contributed by atoms with E-state index in [2.05, 4.69) is 26.1 Å². The molecular formula is C41H41FN8O8. The van der Waals surface area contributed by atoms with Gasteiger partial charge in [-0.3, -0.25) is 48.6 Å². The second kappa shape index (κ2) is 17.2. The van der Waals surface area contributed by atoms with Crippen molar-refractivity contribution < 1.29 is 38.0 Å². The maximum atomic E-state index is 14.9. The van der Waals surface area contributed by atoms with Crippen molar-refractivity contribution in [2.45, 2.75) is 51.0 Å². The van der Waals surface area contributed by atoms with Gasteiger partial charge in [0.2, 0.25) is 23.6 Å². The zero-order chi connectivity index (χ0) is 40.9. The molecule has 0 bridgehead atoms. The number of halogens is 1. The van der Waals surface area contributed by atoms with Crippen LogP contribution in [-0.2, 0) is 25.6 Å². The number of benzene rings is 3. The van der Waals surface area contributed by atoms with Crippen molar-refractivity contribution in [1.82, 2.24) is 35.5 Å². The van der Waals surface area contributed by atoms with Crippen LogP contribution in [0.15, 0.2) is 65.5 Å². The number of amides is 7. The van der Waals surface area contributed by atoms with Gasteiger partial charge in [0.15, 0.2) is 0 Å². The molecule has 4 heterocycles. The van der Waals surface area contributed by atoms with Crippen molar-refractivity contribution in [2.75, 3.05) is 44.6 Å². The molecule has 2 fully saturated rings. The summed E-state index contributed by atoms with van der Waals surface area (Å²) in [6, 6.07) is 15.1. The van der Waals surface area contributed by atoms with Crippen molar-refractivity contribution >= 4 is 57.8 Å². The van der Waals surface area contributed by atoms with Gasteiger partial charge in [-0.25, -0.2) is 9.49 Å². The monoisotopic (exact) mass is 792 g/mol. The number of unbranched alkanes of at least 4 members (excludes halogenated alkanes) is 1. The molecule has 7 amide bonds. The molecule has 7 rings (SSSR count). The Kier molecular flexibility index (Phi) is 11.7. The lowest BCUT2D eigenvalue weighted by Crippen LogP contribution is -2.54. The SMILES string of the molecule is O=C(CCCCC(=O)N1CCN(C(=O)c2cc(Cc3n[nH]c(=O)c4ccccc34)ccc2F)CC1)NCCNc1cccc2c1C(=O)N(C1CCC(=O)NC1=O)C2=O. The summed E-state index contributed by atoms with van der Waals surface area (Å²) >= 11 is 0. The van der Waals surface area contributed by atoms with Crippen LogP contribution < -0.4 is 21.5 Å². The lowest BCUT2D eigenvalue weighted by molar-refractivity contribution is -0.136. The Bertz CT molecular complexity index is 2390. The zero-order valence-corrected chi connectivity index (χ0v) is 31.5. The van der Waals surface area contributed by atoms with Crippen molar-refractivity contribution in [3.05, 3.63) is 105 Å². The van der Waals surface area contributed by atoms with Crippen LogP contribution in [0.25, 0.3) is 10.8 Å². The number of aromatic nitrogens is 2. The van der Waals surface area contributed by atoms with Gasteiger partial charge in [-0.05, 0) is 55.2 Å². The number of fused-ring (bicyclic) bond motifs is 2.